The predicted octanol–water partition coefficient (Wildman–Crippen LogP) is 0.463. The molecule has 0 aromatic carbocycles. The summed E-state index contributed by atoms with van der Waals surface area (Å²) < 4.78 is 5.50. The average molecular weight is 172 g/mol. The van der Waals surface area contributed by atoms with Crippen molar-refractivity contribution in [2.45, 2.75) is 38.1 Å². The summed E-state index contributed by atoms with van der Waals surface area (Å²) in [7, 11) is 0. The molecule has 1 heterocycles. The van der Waals surface area contributed by atoms with Crippen molar-refractivity contribution in [2.75, 3.05) is 6.61 Å². The van der Waals surface area contributed by atoms with E-state index < -0.39 is 6.10 Å². The molecule has 1 rings (SSSR count). The molecule has 70 valence electrons. The zero-order valence-corrected chi connectivity index (χ0v) is 7.31. The topological polar surface area (TPSA) is 49.7 Å². The third-order valence-electron chi connectivity index (χ3n) is 1.94. The van der Waals surface area contributed by atoms with Crippen LogP contribution in [0.1, 0.15) is 19.8 Å². The minimum Gasteiger partial charge on any atom is -0.394 e. The maximum atomic E-state index is 9.13. The number of aliphatic hydroxyl groups is 2. The SMILES string of the molecule is C[C@H]1CC=C[C@H](C[C@H](O)CO)O1. The van der Waals surface area contributed by atoms with E-state index in [-0.39, 0.29) is 18.8 Å². The van der Waals surface area contributed by atoms with Gasteiger partial charge in [-0.1, -0.05) is 12.2 Å². The van der Waals surface area contributed by atoms with E-state index in [0.29, 0.717) is 6.42 Å². The summed E-state index contributed by atoms with van der Waals surface area (Å²) >= 11 is 0. The minimum absolute atomic E-state index is 0.0316. The molecule has 2 N–H and O–H groups in total. The van der Waals surface area contributed by atoms with Crippen LogP contribution in [0.5, 0.6) is 0 Å². The van der Waals surface area contributed by atoms with Crippen molar-refractivity contribution in [1.29, 1.82) is 0 Å². The fourth-order valence-corrected chi connectivity index (χ4v) is 1.30. The van der Waals surface area contributed by atoms with E-state index in [2.05, 4.69) is 6.08 Å². The highest BCUT2D eigenvalue weighted by Crippen LogP contribution is 2.15. The highest BCUT2D eigenvalue weighted by Gasteiger charge is 2.17. The molecule has 3 atom stereocenters. The highest BCUT2D eigenvalue weighted by atomic mass is 16.5. The van der Waals surface area contributed by atoms with E-state index in [1.54, 1.807) is 0 Å². The van der Waals surface area contributed by atoms with Gasteiger partial charge in [0.15, 0.2) is 0 Å². The zero-order chi connectivity index (χ0) is 8.97. The fourth-order valence-electron chi connectivity index (χ4n) is 1.30. The Morgan fingerprint density at radius 3 is 3.00 bits per heavy atom. The Labute approximate surface area is 72.7 Å². The standard InChI is InChI=1S/C9H16O3/c1-7-3-2-4-9(12-7)5-8(11)6-10/h2,4,7-11H,3,5-6H2,1H3/t7-,8-,9+/m0/s1. The Balaban J connectivity index is 2.32. The van der Waals surface area contributed by atoms with Gasteiger partial charge in [-0.25, -0.2) is 0 Å². The number of aliphatic hydroxyl groups excluding tert-OH is 2. The first-order valence-electron chi connectivity index (χ1n) is 4.33. The van der Waals surface area contributed by atoms with Gasteiger partial charge in [-0.2, -0.15) is 0 Å². The van der Waals surface area contributed by atoms with Crippen molar-refractivity contribution < 1.29 is 14.9 Å². The van der Waals surface area contributed by atoms with Gasteiger partial charge in [0.05, 0.1) is 24.9 Å². The first kappa shape index (κ1) is 9.71. The van der Waals surface area contributed by atoms with Gasteiger partial charge in [-0.05, 0) is 13.3 Å². The Hall–Kier alpha value is -0.380. The number of rotatable bonds is 3. The lowest BCUT2D eigenvalue weighted by Gasteiger charge is -2.24. The Kier molecular flexibility index (Phi) is 3.72. The summed E-state index contributed by atoms with van der Waals surface area (Å²) in [5, 5.41) is 17.7. The van der Waals surface area contributed by atoms with Crippen LogP contribution in [-0.4, -0.2) is 35.1 Å². The maximum Gasteiger partial charge on any atom is 0.0798 e. The van der Waals surface area contributed by atoms with E-state index in [1.165, 1.54) is 0 Å². The lowest BCUT2D eigenvalue weighted by molar-refractivity contribution is -0.0195. The van der Waals surface area contributed by atoms with Gasteiger partial charge < -0.3 is 14.9 Å². The van der Waals surface area contributed by atoms with Gasteiger partial charge in [0.1, 0.15) is 0 Å². The molecule has 0 amide bonds. The maximum absolute atomic E-state index is 9.13. The molecule has 3 nitrogen and oxygen atoms in total. The van der Waals surface area contributed by atoms with Crippen molar-refractivity contribution >= 4 is 0 Å². The van der Waals surface area contributed by atoms with E-state index in [0.717, 1.165) is 6.42 Å². The molecule has 0 fully saturated rings. The molecule has 0 aromatic rings. The Morgan fingerprint density at radius 2 is 2.42 bits per heavy atom. The molecule has 0 unspecified atom stereocenters. The van der Waals surface area contributed by atoms with Crippen molar-refractivity contribution in [2.24, 2.45) is 0 Å². The first-order valence-corrected chi connectivity index (χ1v) is 4.33. The van der Waals surface area contributed by atoms with Crippen molar-refractivity contribution in [1.82, 2.24) is 0 Å². The summed E-state index contributed by atoms with van der Waals surface area (Å²) in [5.41, 5.74) is 0. The highest BCUT2D eigenvalue weighted by molar-refractivity contribution is 4.96. The van der Waals surface area contributed by atoms with Gasteiger partial charge in [-0.3, -0.25) is 0 Å². The molecule has 0 aliphatic carbocycles. The molecule has 0 saturated heterocycles. The lowest BCUT2D eigenvalue weighted by Crippen LogP contribution is -2.27. The van der Waals surface area contributed by atoms with Gasteiger partial charge in [0.2, 0.25) is 0 Å². The number of ether oxygens (including phenoxy) is 1. The van der Waals surface area contributed by atoms with E-state index >= 15 is 0 Å². The molecular formula is C9H16O3. The zero-order valence-electron chi connectivity index (χ0n) is 7.31. The molecule has 0 saturated carbocycles. The van der Waals surface area contributed by atoms with Crippen LogP contribution in [0, 0.1) is 0 Å². The van der Waals surface area contributed by atoms with E-state index in [1.807, 2.05) is 13.0 Å². The first-order chi connectivity index (χ1) is 5.72. The third kappa shape index (κ3) is 2.93. The minimum atomic E-state index is -0.662. The Bertz CT molecular complexity index is 156. The number of hydrogen-bond donors (Lipinski definition) is 2. The van der Waals surface area contributed by atoms with E-state index in [9.17, 15) is 0 Å². The van der Waals surface area contributed by atoms with Gasteiger partial charge in [0, 0.05) is 6.42 Å². The van der Waals surface area contributed by atoms with Crippen molar-refractivity contribution in [3.63, 3.8) is 0 Å². The Morgan fingerprint density at radius 1 is 1.67 bits per heavy atom. The largest absolute Gasteiger partial charge is 0.394 e. The summed E-state index contributed by atoms with van der Waals surface area (Å²) in [6.07, 6.45) is 4.96. The molecule has 1 aliphatic rings. The summed E-state index contributed by atoms with van der Waals surface area (Å²) in [4.78, 5) is 0. The van der Waals surface area contributed by atoms with Crippen LogP contribution < -0.4 is 0 Å². The summed E-state index contributed by atoms with van der Waals surface area (Å²) in [6, 6.07) is 0. The normalized spacial score (nSPS) is 31.9. The molecule has 0 aromatic heterocycles. The average Bonchev–Trinajstić information content (AvgIpc) is 2.04. The molecular weight excluding hydrogens is 156 g/mol. The molecule has 0 spiro atoms. The molecule has 3 heteroatoms. The van der Waals surface area contributed by atoms with Crippen LogP contribution in [0.4, 0.5) is 0 Å². The quantitative estimate of drug-likeness (QED) is 0.608. The van der Waals surface area contributed by atoms with Crippen molar-refractivity contribution in [3.8, 4) is 0 Å². The van der Waals surface area contributed by atoms with Gasteiger partial charge in [0.25, 0.3) is 0 Å². The lowest BCUT2D eigenvalue weighted by atomic mass is 10.1. The van der Waals surface area contributed by atoms with Crippen LogP contribution in [-0.2, 0) is 4.74 Å². The third-order valence-corrected chi connectivity index (χ3v) is 1.94. The molecule has 1 aliphatic heterocycles. The van der Waals surface area contributed by atoms with Crippen LogP contribution in [0.2, 0.25) is 0 Å². The van der Waals surface area contributed by atoms with Crippen LogP contribution in [0.15, 0.2) is 12.2 Å². The monoisotopic (exact) mass is 172 g/mol. The van der Waals surface area contributed by atoms with Crippen LogP contribution >= 0.6 is 0 Å². The summed E-state index contributed by atoms with van der Waals surface area (Å²) in [6.45, 7) is 1.81. The second kappa shape index (κ2) is 4.60. The molecule has 0 bridgehead atoms. The molecule has 0 radical (unpaired) electrons. The van der Waals surface area contributed by atoms with Gasteiger partial charge in [-0.15, -0.1) is 0 Å². The van der Waals surface area contributed by atoms with Gasteiger partial charge >= 0.3 is 0 Å². The number of hydrogen-bond acceptors (Lipinski definition) is 3. The van der Waals surface area contributed by atoms with E-state index in [4.69, 9.17) is 14.9 Å². The predicted molar refractivity (Wildman–Crippen MR) is 45.8 cm³/mol. The second-order valence-corrected chi connectivity index (χ2v) is 3.22. The molecule has 12 heavy (non-hydrogen) atoms. The second-order valence-electron chi connectivity index (χ2n) is 3.22. The van der Waals surface area contributed by atoms with Crippen LogP contribution in [0.3, 0.4) is 0 Å². The smallest absolute Gasteiger partial charge is 0.0798 e. The summed E-state index contributed by atoms with van der Waals surface area (Å²) in [5.74, 6) is 0. The van der Waals surface area contributed by atoms with Crippen LogP contribution in [0.25, 0.3) is 0 Å². The van der Waals surface area contributed by atoms with Crippen molar-refractivity contribution in [3.05, 3.63) is 12.2 Å². The fraction of sp³-hybridized carbons (Fsp3) is 0.778.